The molecule has 0 aliphatic heterocycles. The van der Waals surface area contributed by atoms with Crippen molar-refractivity contribution in [3.05, 3.63) is 268 Å². The number of pyridine rings is 3. The van der Waals surface area contributed by atoms with Gasteiger partial charge in [-0.05, 0) is 137 Å². The number of aromatic nitrogens is 6. The van der Waals surface area contributed by atoms with Gasteiger partial charge in [-0.3, -0.25) is 29.3 Å². The molecule has 0 radical (unpaired) electrons. The largest absolute Gasteiger partial charge is 0.310 e. The minimum Gasteiger partial charge on any atom is -0.310 e. The van der Waals surface area contributed by atoms with Gasteiger partial charge in [0.15, 0.2) is 0 Å². The third-order valence-electron chi connectivity index (χ3n) is 14.4. The number of rotatable bonds is 0. The normalized spacial score (nSPS) is 13.6. The highest BCUT2D eigenvalue weighted by molar-refractivity contribution is 6.15. The van der Waals surface area contributed by atoms with Crippen LogP contribution >= 0.6 is 0 Å². The van der Waals surface area contributed by atoms with Gasteiger partial charge in [0.2, 0.25) is 0 Å². The summed E-state index contributed by atoms with van der Waals surface area (Å²) in [5.41, 5.74) is -3.03. The van der Waals surface area contributed by atoms with Gasteiger partial charge in [0.05, 0.1) is 51.7 Å². The minimum absolute atomic E-state index is 0.195. The zero-order chi connectivity index (χ0) is 60.5. The van der Waals surface area contributed by atoms with Crippen LogP contribution in [-0.4, -0.2) is 28.7 Å². The molecule has 0 aliphatic carbocycles. The van der Waals surface area contributed by atoms with Crippen molar-refractivity contribution >= 4 is 130 Å². The molecule has 0 amide bonds. The highest BCUT2D eigenvalue weighted by atomic mass is 16.1. The molecule has 372 valence electrons. The third kappa shape index (κ3) is 8.59. The first-order valence-corrected chi connectivity index (χ1v) is 25.1. The van der Waals surface area contributed by atoms with E-state index in [9.17, 15) is 0 Å². The quantitative estimate of drug-likeness (QED) is 0.150. The van der Waals surface area contributed by atoms with Crippen LogP contribution in [0.4, 0.5) is 0 Å². The Bertz CT molecular complexity index is 4960. The van der Waals surface area contributed by atoms with Gasteiger partial charge in [-0.1, -0.05) is 146 Å². The van der Waals surface area contributed by atoms with Crippen molar-refractivity contribution in [1.82, 2.24) is 28.7 Å². The van der Waals surface area contributed by atoms with Crippen LogP contribution in [0, 0.1) is 0 Å². The summed E-state index contributed by atoms with van der Waals surface area (Å²) in [6, 6.07) is 66.5. The number of hydrogen-bond donors (Lipinski definition) is 0. The molecule has 9 heteroatoms. The SMILES string of the molecule is [2H]C([2H])([2H])n1c(=O)c2cc3cc(c2)c(=O)n(C([2H])([2H])[2H])c2ccc(nc2)c2ccc(cc2)c2ccccc2c2cc(cc(c2)c2ccccc2c2ccc(cc2)c2ccc(cn2)n(C([2H])([2H])[2H])c3=O)c2ccccc2c2ccc(cc2)c2ccc1cn2. The first kappa shape index (κ1) is 38.2. The topological polar surface area (TPSA) is 105 Å². The zero-order valence-electron chi connectivity index (χ0n) is 50.4. The molecule has 78 heavy (non-hydrogen) atoms. The van der Waals surface area contributed by atoms with E-state index in [0.29, 0.717) is 46.4 Å². The van der Waals surface area contributed by atoms with E-state index in [0.717, 1.165) is 82.8 Å². The van der Waals surface area contributed by atoms with Crippen LogP contribution in [0.2, 0.25) is 0 Å². The van der Waals surface area contributed by atoms with Crippen molar-refractivity contribution in [3.8, 4) is 0 Å². The molecule has 18 bridgehead atoms. The summed E-state index contributed by atoms with van der Waals surface area (Å²) in [6.45, 7) is -9.66. The summed E-state index contributed by atoms with van der Waals surface area (Å²) in [4.78, 5) is 59.1. The molecule has 9 nitrogen and oxygen atoms in total. The van der Waals surface area contributed by atoms with E-state index < -0.39 is 53.8 Å². The van der Waals surface area contributed by atoms with Gasteiger partial charge in [0.25, 0.3) is 16.7 Å². The fourth-order valence-corrected chi connectivity index (χ4v) is 10.3. The minimum atomic E-state index is -3.22. The number of nitrogens with zero attached hydrogens (tertiary/aromatic N) is 6. The smallest absolute Gasteiger partial charge is 0.258 e. The number of benzene rings is 8. The standard InChI is InChI=1S/C69H48N6O3/c1-73-55-28-31-64(70-40-55)46-22-16-43(17-23-46)58-10-4-7-13-61(58)49-34-50-36-51(35-49)63-15-9-6-12-60(63)45-20-26-48(27-21-45)66-33-30-57(42-72-66)75(3)69(78)54-38-52(67(73)76)37-53(39-54)68(77)74(2)56-29-32-65(71-41-56)47-24-18-44(19-25-47)59-11-5-8-14-62(50)59/h4-42H,1-3H3/i1D3,2D3,3D3. The van der Waals surface area contributed by atoms with Crippen LogP contribution in [0.3, 0.4) is 0 Å². The van der Waals surface area contributed by atoms with Gasteiger partial charge in [0, 0.05) is 65.6 Å². The second-order valence-corrected chi connectivity index (χ2v) is 19.1. The Labute approximate surface area is 458 Å². The maximum absolute atomic E-state index is 15.1. The molecule has 8 aromatic carbocycles. The Morgan fingerprint density at radius 3 is 0.731 bits per heavy atom. The van der Waals surface area contributed by atoms with Crippen LogP contribution in [0.1, 0.15) is 12.3 Å². The lowest BCUT2D eigenvalue weighted by Gasteiger charge is -2.06. The summed E-state index contributed by atoms with van der Waals surface area (Å²) in [7, 11) is 0. The van der Waals surface area contributed by atoms with Crippen molar-refractivity contribution < 1.29 is 12.3 Å². The Hall–Kier alpha value is -10.4. The summed E-state index contributed by atoms with van der Waals surface area (Å²) >= 11 is 0. The van der Waals surface area contributed by atoms with Crippen molar-refractivity contribution in [2.45, 2.75) is 0 Å². The molecule has 24 aromatic heterocycles. The summed E-state index contributed by atoms with van der Waals surface area (Å²) < 4.78 is 79.5. The Morgan fingerprint density at radius 2 is 0.500 bits per heavy atom. The van der Waals surface area contributed by atoms with E-state index in [1.54, 1.807) is 18.2 Å². The molecule has 24 heterocycles. The lowest BCUT2D eigenvalue weighted by atomic mass is 9.98. The van der Waals surface area contributed by atoms with Crippen LogP contribution in [0.25, 0.3) is 130 Å². The molecule has 0 saturated heterocycles. The number of hydrogen-bond acceptors (Lipinski definition) is 6. The van der Waals surface area contributed by atoms with Crippen molar-refractivity contribution in [2.24, 2.45) is 20.9 Å². The van der Waals surface area contributed by atoms with E-state index in [4.69, 9.17) is 12.3 Å². The monoisotopic (exact) mass is 1020 g/mol. The second-order valence-electron chi connectivity index (χ2n) is 19.1. The zero-order valence-corrected chi connectivity index (χ0v) is 41.4. The fourth-order valence-electron chi connectivity index (χ4n) is 10.3. The Kier molecular flexibility index (Phi) is 9.50. The Balaban J connectivity index is 1.29. The molecule has 0 aliphatic rings. The van der Waals surface area contributed by atoms with Gasteiger partial charge in [-0.25, -0.2) is 0 Å². The van der Waals surface area contributed by atoms with Crippen LogP contribution in [0.5, 0.6) is 0 Å². The first-order valence-electron chi connectivity index (χ1n) is 29.6. The second kappa shape index (κ2) is 19.4. The van der Waals surface area contributed by atoms with Crippen molar-refractivity contribution in [2.75, 3.05) is 0 Å². The maximum Gasteiger partial charge on any atom is 0.258 e. The molecular weight excluding hydrogens is 961 g/mol. The van der Waals surface area contributed by atoms with Gasteiger partial charge in [-0.2, -0.15) is 0 Å². The Morgan fingerprint density at radius 1 is 0.269 bits per heavy atom. The van der Waals surface area contributed by atoms with E-state index >= 15 is 14.4 Å². The molecule has 0 fully saturated rings. The van der Waals surface area contributed by atoms with Gasteiger partial charge >= 0.3 is 0 Å². The van der Waals surface area contributed by atoms with Crippen molar-refractivity contribution in [3.63, 3.8) is 0 Å². The van der Waals surface area contributed by atoms with Gasteiger partial charge in [-0.15, -0.1) is 0 Å². The maximum atomic E-state index is 15.1. The highest BCUT2D eigenvalue weighted by Gasteiger charge is 2.08. The molecule has 0 unspecified atom stereocenters. The molecule has 0 saturated carbocycles. The third-order valence-corrected chi connectivity index (χ3v) is 14.4. The molecule has 32 rings (SSSR count). The van der Waals surface area contributed by atoms with Gasteiger partial charge in [0.1, 0.15) is 0 Å². The van der Waals surface area contributed by atoms with E-state index in [1.807, 2.05) is 109 Å². The predicted molar refractivity (Wildman–Crippen MR) is 325 cm³/mol. The fraction of sp³-hybridized carbons (Fsp3) is 0.0435. The molecule has 0 N–H and O–H groups in total. The summed E-state index contributed by atoms with van der Waals surface area (Å²) in [6.07, 6.45) is 3.64. The van der Waals surface area contributed by atoms with Crippen molar-refractivity contribution in [1.29, 1.82) is 0 Å². The predicted octanol–water partition coefficient (Wildman–Crippen LogP) is 14.9. The summed E-state index contributed by atoms with van der Waals surface area (Å²) in [5, 5.41) is 11.7. The molecule has 0 atom stereocenters. The molecular formula is C69H48N6O3. The van der Waals surface area contributed by atoms with E-state index in [1.165, 1.54) is 36.8 Å². The molecule has 0 spiro atoms. The molecule has 32 aromatic rings. The lowest BCUT2D eigenvalue weighted by molar-refractivity contribution is 0.908. The number of aryl methyl sites for hydroxylation is 3. The first-order chi connectivity index (χ1) is 41.7. The van der Waals surface area contributed by atoms with Crippen LogP contribution in [0.15, 0.2) is 251 Å². The summed E-state index contributed by atoms with van der Waals surface area (Å²) in [5.74, 6) is 0. The van der Waals surface area contributed by atoms with Crippen LogP contribution < -0.4 is 16.7 Å². The van der Waals surface area contributed by atoms with E-state index in [-0.39, 0.29) is 16.6 Å². The van der Waals surface area contributed by atoms with Crippen LogP contribution in [-0.2, 0) is 20.9 Å². The highest BCUT2D eigenvalue weighted by Crippen LogP contribution is 2.32. The van der Waals surface area contributed by atoms with Gasteiger partial charge < -0.3 is 13.7 Å². The lowest BCUT2D eigenvalue weighted by Crippen LogP contribution is -2.19. The average Bonchev–Trinajstić information content (AvgIpc) is 3.13. The average molecular weight is 1020 g/mol. The van der Waals surface area contributed by atoms with E-state index in [2.05, 4.69) is 69.5 Å².